The molecule has 2 aromatic carbocycles. The molecule has 0 unspecified atom stereocenters. The number of nitrogens with zero attached hydrogens (tertiary/aromatic N) is 3. The minimum atomic E-state index is -1.27. The molecule has 11 heteroatoms. The molecular formula is C27H26F2N4O4Si. The number of aromatic nitrogens is 2. The number of hydrogen-bond donors (Lipinski definition) is 1. The Morgan fingerprint density at radius 3 is 2.50 bits per heavy atom. The van der Waals surface area contributed by atoms with Gasteiger partial charge in [0.05, 0.1) is 16.6 Å². The van der Waals surface area contributed by atoms with Crippen LogP contribution in [0, 0.1) is 23.0 Å². The number of halogens is 2. The number of para-hydroxylation sites is 1. The first-order valence-corrected chi connectivity index (χ1v) is 15.5. The standard InChI is InChI=1S/C27H26F2N4O4Si/c1-38(2,3)12-11-35-17-33-16-18(15-30)24-23(9-10-31-26(24)33)37-25-21(28)13-19(14-22(25)29)32-27(34)36-20-7-5-4-6-8-20/h4-10,13-14,16H,11-12,17H2,1-3H3,(H,32,34). The molecule has 0 atom stereocenters. The largest absolute Gasteiger partial charge is 0.450 e. The van der Waals surface area contributed by atoms with E-state index >= 15 is 0 Å². The van der Waals surface area contributed by atoms with Gasteiger partial charge in [-0.1, -0.05) is 37.8 Å². The number of ether oxygens (including phenoxy) is 3. The molecule has 0 bridgehead atoms. The minimum Gasteiger partial charge on any atom is -0.450 e. The molecule has 196 valence electrons. The molecule has 0 saturated heterocycles. The molecule has 0 spiro atoms. The van der Waals surface area contributed by atoms with Gasteiger partial charge < -0.3 is 18.8 Å². The number of carbonyl (C=O) groups is 1. The van der Waals surface area contributed by atoms with Crippen molar-refractivity contribution in [2.75, 3.05) is 11.9 Å². The molecule has 2 aromatic heterocycles. The first-order valence-electron chi connectivity index (χ1n) is 11.8. The Labute approximate surface area is 219 Å². The number of hydrogen-bond acceptors (Lipinski definition) is 6. The normalized spacial score (nSPS) is 11.3. The van der Waals surface area contributed by atoms with Crippen molar-refractivity contribution < 1.29 is 27.8 Å². The molecule has 8 nitrogen and oxygen atoms in total. The van der Waals surface area contributed by atoms with E-state index in [0.29, 0.717) is 17.6 Å². The van der Waals surface area contributed by atoms with E-state index in [2.05, 4.69) is 36.0 Å². The van der Waals surface area contributed by atoms with Gasteiger partial charge in [-0.05, 0) is 24.2 Å². The predicted molar refractivity (Wildman–Crippen MR) is 141 cm³/mol. The lowest BCUT2D eigenvalue weighted by atomic mass is 10.2. The number of fused-ring (bicyclic) bond motifs is 1. The fraction of sp³-hybridized carbons (Fsp3) is 0.222. The van der Waals surface area contributed by atoms with Crippen LogP contribution in [0.1, 0.15) is 5.56 Å². The fourth-order valence-corrected chi connectivity index (χ4v) is 4.33. The summed E-state index contributed by atoms with van der Waals surface area (Å²) >= 11 is 0. The van der Waals surface area contributed by atoms with E-state index in [4.69, 9.17) is 14.2 Å². The molecule has 1 N–H and O–H groups in total. The topological polar surface area (TPSA) is 98.4 Å². The lowest BCUT2D eigenvalue weighted by Crippen LogP contribution is -2.22. The van der Waals surface area contributed by atoms with E-state index in [0.717, 1.165) is 18.2 Å². The molecule has 0 saturated carbocycles. The van der Waals surface area contributed by atoms with Crippen LogP contribution in [0.25, 0.3) is 11.0 Å². The predicted octanol–water partition coefficient (Wildman–Crippen LogP) is 6.90. The summed E-state index contributed by atoms with van der Waals surface area (Å²) in [6.07, 6.45) is 2.08. The van der Waals surface area contributed by atoms with Gasteiger partial charge in [-0.25, -0.2) is 18.6 Å². The minimum absolute atomic E-state index is 0.0504. The first kappa shape index (κ1) is 26.8. The highest BCUT2D eigenvalue weighted by Gasteiger charge is 2.20. The average molecular weight is 537 g/mol. The molecule has 0 fully saturated rings. The summed E-state index contributed by atoms with van der Waals surface area (Å²) in [6.45, 7) is 7.48. The van der Waals surface area contributed by atoms with Crippen LogP contribution in [0.2, 0.25) is 25.7 Å². The number of nitriles is 1. The molecule has 0 aliphatic heterocycles. The van der Waals surface area contributed by atoms with Gasteiger partial charge in [-0.15, -0.1) is 0 Å². The number of amides is 1. The van der Waals surface area contributed by atoms with Gasteiger partial charge in [-0.3, -0.25) is 5.32 Å². The van der Waals surface area contributed by atoms with Crippen LogP contribution in [-0.4, -0.2) is 30.3 Å². The van der Waals surface area contributed by atoms with Gasteiger partial charge in [0.2, 0.25) is 0 Å². The first-order chi connectivity index (χ1) is 18.1. The highest BCUT2D eigenvalue weighted by Crippen LogP contribution is 2.36. The fourth-order valence-electron chi connectivity index (χ4n) is 3.57. The van der Waals surface area contributed by atoms with Gasteiger partial charge in [0.15, 0.2) is 17.4 Å². The number of carbonyl (C=O) groups excluding carboxylic acids is 1. The summed E-state index contributed by atoms with van der Waals surface area (Å²) in [7, 11) is -1.27. The average Bonchev–Trinajstić information content (AvgIpc) is 3.22. The van der Waals surface area contributed by atoms with Gasteiger partial charge in [0, 0.05) is 39.2 Å². The Bertz CT molecular complexity index is 1470. The van der Waals surface area contributed by atoms with Crippen molar-refractivity contribution in [3.05, 3.63) is 78.1 Å². The molecular weight excluding hydrogens is 510 g/mol. The van der Waals surface area contributed by atoms with Crippen LogP contribution < -0.4 is 14.8 Å². The number of rotatable bonds is 9. The van der Waals surface area contributed by atoms with Crippen molar-refractivity contribution >= 4 is 30.9 Å². The highest BCUT2D eigenvalue weighted by molar-refractivity contribution is 6.76. The lowest BCUT2D eigenvalue weighted by Gasteiger charge is -2.15. The molecule has 1 amide bonds. The second-order valence-corrected chi connectivity index (χ2v) is 15.3. The third-order valence-electron chi connectivity index (χ3n) is 5.48. The third-order valence-corrected chi connectivity index (χ3v) is 7.18. The third kappa shape index (κ3) is 6.53. The summed E-state index contributed by atoms with van der Waals surface area (Å²) in [4.78, 5) is 16.4. The summed E-state index contributed by atoms with van der Waals surface area (Å²) in [5.74, 6) is -2.48. The SMILES string of the molecule is C[Si](C)(C)CCOCn1cc(C#N)c2c(Oc3c(F)cc(NC(=O)Oc4ccccc4)cc3F)ccnc21. The van der Waals surface area contributed by atoms with Crippen molar-refractivity contribution in [1.29, 1.82) is 5.26 Å². The zero-order valence-electron chi connectivity index (χ0n) is 21.1. The van der Waals surface area contributed by atoms with Gasteiger partial charge in [-0.2, -0.15) is 5.26 Å². The van der Waals surface area contributed by atoms with Crippen molar-refractivity contribution in [1.82, 2.24) is 9.55 Å². The van der Waals surface area contributed by atoms with E-state index < -0.39 is 31.6 Å². The zero-order valence-corrected chi connectivity index (χ0v) is 22.1. The van der Waals surface area contributed by atoms with Crippen LogP contribution in [0.5, 0.6) is 17.2 Å². The van der Waals surface area contributed by atoms with Crippen LogP contribution in [0.3, 0.4) is 0 Å². The van der Waals surface area contributed by atoms with Crippen molar-refractivity contribution in [2.45, 2.75) is 32.4 Å². The molecule has 0 radical (unpaired) electrons. The van der Waals surface area contributed by atoms with Crippen molar-refractivity contribution in [3.63, 3.8) is 0 Å². The monoisotopic (exact) mass is 536 g/mol. The van der Waals surface area contributed by atoms with Gasteiger partial charge in [0.25, 0.3) is 0 Å². The van der Waals surface area contributed by atoms with Crippen LogP contribution in [0.15, 0.2) is 60.9 Å². The summed E-state index contributed by atoms with van der Waals surface area (Å²) in [6, 6.07) is 14.5. The Morgan fingerprint density at radius 2 is 1.84 bits per heavy atom. The zero-order chi connectivity index (χ0) is 27.3. The Kier molecular flexibility index (Phi) is 8.04. The molecule has 0 aliphatic rings. The number of benzene rings is 2. The number of nitrogens with one attached hydrogen (secondary N) is 1. The lowest BCUT2D eigenvalue weighted by molar-refractivity contribution is 0.0898. The maximum absolute atomic E-state index is 14.9. The van der Waals surface area contributed by atoms with Crippen LogP contribution in [0.4, 0.5) is 19.3 Å². The molecule has 0 aliphatic carbocycles. The van der Waals surface area contributed by atoms with E-state index in [1.165, 1.54) is 12.3 Å². The maximum atomic E-state index is 14.9. The second-order valence-electron chi connectivity index (χ2n) is 9.68. The number of pyridine rings is 1. The summed E-state index contributed by atoms with van der Waals surface area (Å²) in [5, 5.41) is 12.3. The van der Waals surface area contributed by atoms with Crippen LogP contribution >= 0.6 is 0 Å². The van der Waals surface area contributed by atoms with E-state index in [1.807, 2.05) is 0 Å². The molecule has 38 heavy (non-hydrogen) atoms. The Hall–Kier alpha value is -4.27. The maximum Gasteiger partial charge on any atom is 0.417 e. The molecule has 4 rings (SSSR count). The van der Waals surface area contributed by atoms with Gasteiger partial charge in [0.1, 0.15) is 29.9 Å². The number of anilines is 1. The second kappa shape index (κ2) is 11.4. The van der Waals surface area contributed by atoms with Crippen molar-refractivity contribution in [2.24, 2.45) is 0 Å². The Morgan fingerprint density at radius 1 is 1.13 bits per heavy atom. The van der Waals surface area contributed by atoms with Crippen LogP contribution in [-0.2, 0) is 11.5 Å². The Balaban J connectivity index is 1.53. The van der Waals surface area contributed by atoms with Crippen molar-refractivity contribution in [3.8, 4) is 23.3 Å². The highest BCUT2D eigenvalue weighted by atomic mass is 28.3. The van der Waals surface area contributed by atoms with E-state index in [-0.39, 0.29) is 29.5 Å². The van der Waals surface area contributed by atoms with E-state index in [1.54, 1.807) is 41.1 Å². The van der Waals surface area contributed by atoms with Gasteiger partial charge >= 0.3 is 6.09 Å². The quantitative estimate of drug-likeness (QED) is 0.185. The smallest absolute Gasteiger partial charge is 0.417 e. The molecule has 4 aromatic rings. The van der Waals surface area contributed by atoms with E-state index in [9.17, 15) is 18.8 Å². The molecule has 2 heterocycles. The summed E-state index contributed by atoms with van der Waals surface area (Å²) < 4.78 is 47.9. The summed E-state index contributed by atoms with van der Waals surface area (Å²) in [5.41, 5.74) is 0.446.